The van der Waals surface area contributed by atoms with E-state index < -0.39 is 0 Å². The Hall–Kier alpha value is -2.52. The number of thiophene rings is 1. The molecule has 9 heteroatoms. The van der Waals surface area contributed by atoms with Gasteiger partial charge < -0.3 is 14.8 Å². The molecule has 0 bridgehead atoms. The zero-order valence-electron chi connectivity index (χ0n) is 18.3. The fourth-order valence-corrected chi connectivity index (χ4v) is 5.59. The van der Waals surface area contributed by atoms with E-state index >= 15 is 0 Å². The molecule has 0 atom stereocenters. The smallest absolute Gasteiger partial charge is 0.272 e. The van der Waals surface area contributed by atoms with Crippen molar-refractivity contribution in [2.24, 2.45) is 0 Å². The SMILES string of the molecule is COc1ccc(CCn2c(SCC(=O)NC3CCCC3)nc3ccsc3c2=O)cc1OC. The van der Waals surface area contributed by atoms with Crippen molar-refractivity contribution in [2.75, 3.05) is 20.0 Å². The highest BCUT2D eigenvalue weighted by Gasteiger charge is 2.19. The van der Waals surface area contributed by atoms with Crippen LogP contribution in [-0.4, -0.2) is 41.5 Å². The molecule has 1 saturated carbocycles. The van der Waals surface area contributed by atoms with Crippen LogP contribution in [0.1, 0.15) is 31.2 Å². The lowest BCUT2D eigenvalue weighted by atomic mass is 10.1. The molecule has 7 nitrogen and oxygen atoms in total. The molecule has 0 radical (unpaired) electrons. The summed E-state index contributed by atoms with van der Waals surface area (Å²) >= 11 is 2.71. The van der Waals surface area contributed by atoms with E-state index in [1.54, 1.807) is 18.8 Å². The van der Waals surface area contributed by atoms with Gasteiger partial charge in [-0.1, -0.05) is 30.7 Å². The molecule has 1 amide bonds. The summed E-state index contributed by atoms with van der Waals surface area (Å²) in [6.45, 7) is 0.460. The van der Waals surface area contributed by atoms with Gasteiger partial charge in [-0.3, -0.25) is 14.2 Å². The molecule has 1 aromatic carbocycles. The molecule has 1 N–H and O–H groups in total. The molecule has 0 spiro atoms. The molecule has 32 heavy (non-hydrogen) atoms. The second-order valence-corrected chi connectivity index (χ2v) is 9.62. The number of carbonyl (C=O) groups is 1. The molecule has 0 unspecified atom stereocenters. The molecule has 4 rings (SSSR count). The summed E-state index contributed by atoms with van der Waals surface area (Å²) in [5.74, 6) is 1.56. The van der Waals surface area contributed by atoms with E-state index in [2.05, 4.69) is 10.3 Å². The van der Waals surface area contributed by atoms with Crippen LogP contribution in [0.25, 0.3) is 10.2 Å². The molecule has 0 aliphatic heterocycles. The van der Waals surface area contributed by atoms with Crippen LogP contribution < -0.4 is 20.3 Å². The van der Waals surface area contributed by atoms with Crippen LogP contribution in [0.2, 0.25) is 0 Å². The molecule has 3 aromatic rings. The van der Waals surface area contributed by atoms with Crippen LogP contribution in [-0.2, 0) is 17.8 Å². The quantitative estimate of drug-likeness (QED) is 0.375. The fraction of sp³-hybridized carbons (Fsp3) is 0.435. The van der Waals surface area contributed by atoms with Gasteiger partial charge in [0.1, 0.15) is 4.70 Å². The van der Waals surface area contributed by atoms with E-state index in [0.29, 0.717) is 39.8 Å². The number of fused-ring (bicyclic) bond motifs is 1. The van der Waals surface area contributed by atoms with Crippen LogP contribution in [0.15, 0.2) is 39.6 Å². The van der Waals surface area contributed by atoms with Crippen molar-refractivity contribution >= 4 is 39.2 Å². The Morgan fingerprint density at radius 3 is 2.75 bits per heavy atom. The minimum atomic E-state index is -0.0656. The van der Waals surface area contributed by atoms with Crippen molar-refractivity contribution < 1.29 is 14.3 Å². The molecular formula is C23H27N3O4S2. The third kappa shape index (κ3) is 5.10. The Kier molecular flexibility index (Phi) is 7.36. The lowest BCUT2D eigenvalue weighted by Crippen LogP contribution is -2.34. The Morgan fingerprint density at radius 1 is 1.22 bits per heavy atom. The predicted molar refractivity (Wildman–Crippen MR) is 128 cm³/mol. The molecule has 1 aliphatic rings. The summed E-state index contributed by atoms with van der Waals surface area (Å²) in [6.07, 6.45) is 5.06. The van der Waals surface area contributed by atoms with Crippen molar-refractivity contribution in [3.63, 3.8) is 0 Å². The fourth-order valence-electron chi connectivity index (χ4n) is 3.98. The number of methoxy groups -OCH3 is 2. The summed E-state index contributed by atoms with van der Waals surface area (Å²) in [5.41, 5.74) is 1.64. The zero-order chi connectivity index (χ0) is 22.5. The second-order valence-electron chi connectivity index (χ2n) is 7.76. The van der Waals surface area contributed by atoms with Crippen molar-refractivity contribution in [1.82, 2.24) is 14.9 Å². The first-order chi connectivity index (χ1) is 15.6. The monoisotopic (exact) mass is 473 g/mol. The Morgan fingerprint density at radius 2 is 2.00 bits per heavy atom. The lowest BCUT2D eigenvalue weighted by molar-refractivity contribution is -0.119. The van der Waals surface area contributed by atoms with Gasteiger partial charge in [0, 0.05) is 12.6 Å². The predicted octanol–water partition coefficient (Wildman–Crippen LogP) is 3.87. The average Bonchev–Trinajstić information content (AvgIpc) is 3.49. The van der Waals surface area contributed by atoms with Gasteiger partial charge in [-0.2, -0.15) is 0 Å². The molecule has 1 fully saturated rings. The molecular weight excluding hydrogens is 446 g/mol. The second kappa shape index (κ2) is 10.4. The third-order valence-electron chi connectivity index (χ3n) is 5.66. The average molecular weight is 474 g/mol. The molecule has 1 aliphatic carbocycles. The lowest BCUT2D eigenvalue weighted by Gasteiger charge is -2.14. The summed E-state index contributed by atoms with van der Waals surface area (Å²) in [7, 11) is 3.21. The Balaban J connectivity index is 1.52. The first-order valence-corrected chi connectivity index (χ1v) is 12.6. The number of thioether (sulfide) groups is 1. The van der Waals surface area contributed by atoms with Gasteiger partial charge in [0.25, 0.3) is 5.56 Å². The van der Waals surface area contributed by atoms with Gasteiger partial charge in [0.2, 0.25) is 5.91 Å². The molecule has 2 aromatic heterocycles. The number of ether oxygens (including phenoxy) is 2. The highest BCUT2D eigenvalue weighted by molar-refractivity contribution is 7.99. The number of rotatable bonds is 9. The first kappa shape index (κ1) is 22.7. The third-order valence-corrected chi connectivity index (χ3v) is 7.52. The summed E-state index contributed by atoms with van der Waals surface area (Å²) < 4.78 is 13.0. The van der Waals surface area contributed by atoms with Gasteiger partial charge in [0.05, 0.1) is 25.5 Å². The number of aromatic nitrogens is 2. The molecule has 2 heterocycles. The van der Waals surface area contributed by atoms with E-state index in [9.17, 15) is 9.59 Å². The highest BCUT2D eigenvalue weighted by atomic mass is 32.2. The van der Waals surface area contributed by atoms with Crippen molar-refractivity contribution in [3.8, 4) is 11.5 Å². The number of hydrogen-bond donors (Lipinski definition) is 1. The Labute approximate surface area is 195 Å². The maximum atomic E-state index is 13.2. The van der Waals surface area contributed by atoms with Crippen molar-refractivity contribution in [2.45, 2.75) is 49.8 Å². The standard InChI is InChI=1S/C23H27N3O4S2/c1-29-18-8-7-15(13-19(18)30-2)9-11-26-22(28)21-17(10-12-31-21)25-23(26)32-14-20(27)24-16-5-3-4-6-16/h7-8,10,12-13,16H,3-6,9,11,14H2,1-2H3,(H,24,27). The van der Waals surface area contributed by atoms with Crippen LogP contribution in [0, 0.1) is 0 Å². The van der Waals surface area contributed by atoms with Crippen LogP contribution in [0.3, 0.4) is 0 Å². The zero-order valence-corrected chi connectivity index (χ0v) is 19.9. The number of amides is 1. The maximum Gasteiger partial charge on any atom is 0.272 e. The van der Waals surface area contributed by atoms with Crippen LogP contribution in [0.5, 0.6) is 11.5 Å². The number of hydrogen-bond acceptors (Lipinski definition) is 7. The Bertz CT molecular complexity index is 1150. The van der Waals surface area contributed by atoms with E-state index in [4.69, 9.17) is 9.47 Å². The molecule has 170 valence electrons. The summed E-state index contributed by atoms with van der Waals surface area (Å²) in [5, 5.41) is 5.54. The highest BCUT2D eigenvalue weighted by Crippen LogP contribution is 2.28. The normalized spacial score (nSPS) is 14.1. The number of carbonyl (C=O) groups excluding carboxylic acids is 1. The van der Waals surface area contributed by atoms with Crippen LogP contribution >= 0.6 is 23.1 Å². The number of nitrogens with one attached hydrogen (secondary N) is 1. The van der Waals surface area contributed by atoms with E-state index in [1.807, 2.05) is 29.6 Å². The van der Waals surface area contributed by atoms with E-state index in [-0.39, 0.29) is 23.3 Å². The largest absolute Gasteiger partial charge is 0.493 e. The summed E-state index contributed by atoms with van der Waals surface area (Å²) in [4.78, 5) is 30.3. The number of nitrogens with zero attached hydrogens (tertiary/aromatic N) is 2. The number of benzene rings is 1. The van der Waals surface area contributed by atoms with E-state index in [1.165, 1.54) is 35.9 Å². The van der Waals surface area contributed by atoms with Gasteiger partial charge in [-0.15, -0.1) is 11.3 Å². The number of aryl methyl sites for hydroxylation is 1. The molecule has 0 saturated heterocycles. The van der Waals surface area contributed by atoms with Gasteiger partial charge in [0.15, 0.2) is 16.7 Å². The van der Waals surface area contributed by atoms with Gasteiger partial charge >= 0.3 is 0 Å². The van der Waals surface area contributed by atoms with Crippen molar-refractivity contribution in [3.05, 3.63) is 45.6 Å². The van der Waals surface area contributed by atoms with Crippen molar-refractivity contribution in [1.29, 1.82) is 0 Å². The topological polar surface area (TPSA) is 82.5 Å². The van der Waals surface area contributed by atoms with E-state index in [0.717, 1.165) is 18.4 Å². The minimum absolute atomic E-state index is 0.00648. The minimum Gasteiger partial charge on any atom is -0.493 e. The van der Waals surface area contributed by atoms with Crippen LogP contribution in [0.4, 0.5) is 0 Å². The first-order valence-electron chi connectivity index (χ1n) is 10.7. The van der Waals surface area contributed by atoms with Gasteiger partial charge in [-0.05, 0) is 48.4 Å². The maximum absolute atomic E-state index is 13.2. The summed E-state index contributed by atoms with van der Waals surface area (Å²) in [6, 6.07) is 7.88. The van der Waals surface area contributed by atoms with Gasteiger partial charge in [-0.25, -0.2) is 4.98 Å².